The zero-order chi connectivity index (χ0) is 17.5. The minimum Gasteiger partial charge on any atom is -0.463 e. The number of hydrogen-bond donors (Lipinski definition) is 0. The van der Waals surface area contributed by atoms with Crippen LogP contribution in [0.25, 0.3) is 0 Å². The number of carbonyl (C=O) groups excluding carboxylic acids is 1. The van der Waals surface area contributed by atoms with Gasteiger partial charge in [-0.15, -0.1) is 0 Å². The summed E-state index contributed by atoms with van der Waals surface area (Å²) in [5, 5.41) is 0.00950. The van der Waals surface area contributed by atoms with Gasteiger partial charge < -0.3 is 14.2 Å². The average Bonchev–Trinajstić information content (AvgIpc) is 2.57. The second-order valence-electron chi connectivity index (χ2n) is 4.76. The lowest BCUT2D eigenvalue weighted by Crippen LogP contribution is -2.16. The number of esters is 1. The van der Waals surface area contributed by atoms with Crippen LogP contribution in [-0.4, -0.2) is 29.2 Å². The number of aromatic nitrogens is 2. The molecular weight excluding hydrogens is 339 g/mol. The number of hydrogen-bond acceptors (Lipinski definition) is 6. The highest BCUT2D eigenvalue weighted by molar-refractivity contribution is 6.31. The van der Waals surface area contributed by atoms with Gasteiger partial charge in [-0.05, 0) is 31.5 Å². The Morgan fingerprint density at radius 3 is 2.92 bits per heavy atom. The van der Waals surface area contributed by atoms with Crippen molar-refractivity contribution in [2.45, 2.75) is 20.3 Å². The van der Waals surface area contributed by atoms with Crippen LogP contribution in [0.3, 0.4) is 0 Å². The van der Waals surface area contributed by atoms with Crippen molar-refractivity contribution in [1.29, 1.82) is 0 Å². The van der Waals surface area contributed by atoms with E-state index < -0.39 is 11.8 Å². The van der Waals surface area contributed by atoms with Gasteiger partial charge in [-0.25, -0.2) is 19.2 Å². The lowest BCUT2D eigenvalue weighted by atomic mass is 10.3. The standard InChI is InChI=1S/C16H16ClFN2O4/c1-3-7-22-14(21)9-23-16-13(5-4-6-19-16)24-15-11(17)8-12(18)10(2)20-15/h4-6,8H,3,7,9H2,1-2H3. The third kappa shape index (κ3) is 4.79. The molecule has 0 radical (unpaired) electrons. The summed E-state index contributed by atoms with van der Waals surface area (Å²) in [4.78, 5) is 19.4. The summed E-state index contributed by atoms with van der Waals surface area (Å²) >= 11 is 5.93. The summed E-state index contributed by atoms with van der Waals surface area (Å²) in [5.41, 5.74) is 0.143. The van der Waals surface area contributed by atoms with Gasteiger partial charge >= 0.3 is 5.97 Å². The van der Waals surface area contributed by atoms with Gasteiger partial charge in [0.1, 0.15) is 10.8 Å². The largest absolute Gasteiger partial charge is 0.463 e. The number of carbonyl (C=O) groups is 1. The van der Waals surface area contributed by atoms with Crippen LogP contribution in [0, 0.1) is 12.7 Å². The SMILES string of the molecule is CCCOC(=O)COc1ncccc1Oc1nc(C)c(F)cc1Cl. The molecule has 24 heavy (non-hydrogen) atoms. The molecule has 0 aliphatic heterocycles. The van der Waals surface area contributed by atoms with E-state index in [1.165, 1.54) is 13.1 Å². The third-order valence-electron chi connectivity index (χ3n) is 2.81. The molecule has 2 rings (SSSR count). The first-order valence-corrected chi connectivity index (χ1v) is 7.63. The highest BCUT2D eigenvalue weighted by Crippen LogP contribution is 2.33. The van der Waals surface area contributed by atoms with Gasteiger partial charge in [0.05, 0.1) is 12.3 Å². The summed E-state index contributed by atoms with van der Waals surface area (Å²) in [5.74, 6) is -0.759. The van der Waals surface area contributed by atoms with E-state index in [1.807, 2.05) is 6.92 Å². The zero-order valence-electron chi connectivity index (χ0n) is 13.2. The van der Waals surface area contributed by atoms with Gasteiger partial charge in [0.15, 0.2) is 12.4 Å². The minimum atomic E-state index is -0.534. The van der Waals surface area contributed by atoms with E-state index in [9.17, 15) is 9.18 Å². The summed E-state index contributed by atoms with van der Waals surface area (Å²) < 4.78 is 29.2. The Kier molecular flexibility index (Phi) is 6.31. The van der Waals surface area contributed by atoms with Crippen molar-refractivity contribution in [3.8, 4) is 17.5 Å². The molecule has 0 N–H and O–H groups in total. The monoisotopic (exact) mass is 354 g/mol. The first-order valence-electron chi connectivity index (χ1n) is 7.25. The van der Waals surface area contributed by atoms with E-state index in [0.29, 0.717) is 6.61 Å². The molecular formula is C16H16ClFN2O4. The Hall–Kier alpha value is -2.41. The summed E-state index contributed by atoms with van der Waals surface area (Å²) in [6.07, 6.45) is 2.20. The van der Waals surface area contributed by atoms with Crippen molar-refractivity contribution >= 4 is 17.6 Å². The molecule has 0 saturated carbocycles. The molecule has 0 bridgehead atoms. The van der Waals surface area contributed by atoms with E-state index >= 15 is 0 Å². The van der Waals surface area contributed by atoms with E-state index in [0.717, 1.165) is 12.5 Å². The van der Waals surface area contributed by atoms with E-state index in [2.05, 4.69) is 9.97 Å². The van der Waals surface area contributed by atoms with E-state index in [4.69, 9.17) is 25.8 Å². The van der Waals surface area contributed by atoms with Crippen molar-refractivity contribution in [3.63, 3.8) is 0 Å². The summed E-state index contributed by atoms with van der Waals surface area (Å²) in [7, 11) is 0. The molecule has 2 heterocycles. The van der Waals surface area contributed by atoms with Gasteiger partial charge in [0.25, 0.3) is 5.88 Å². The van der Waals surface area contributed by atoms with Crippen LogP contribution in [0.1, 0.15) is 19.0 Å². The average molecular weight is 355 g/mol. The highest BCUT2D eigenvalue weighted by atomic mass is 35.5. The predicted molar refractivity (Wildman–Crippen MR) is 85.0 cm³/mol. The lowest BCUT2D eigenvalue weighted by molar-refractivity contribution is -0.146. The molecule has 0 atom stereocenters. The topological polar surface area (TPSA) is 70.5 Å². The van der Waals surface area contributed by atoms with Crippen LogP contribution in [-0.2, 0) is 9.53 Å². The number of pyridine rings is 2. The van der Waals surface area contributed by atoms with Gasteiger partial charge in [0.2, 0.25) is 5.88 Å². The second kappa shape index (κ2) is 8.44. The lowest BCUT2D eigenvalue weighted by Gasteiger charge is -2.11. The van der Waals surface area contributed by atoms with Crippen molar-refractivity contribution in [1.82, 2.24) is 9.97 Å². The maximum absolute atomic E-state index is 13.4. The molecule has 0 fully saturated rings. The second-order valence-corrected chi connectivity index (χ2v) is 5.17. The molecule has 0 saturated heterocycles. The molecule has 0 aliphatic carbocycles. The fourth-order valence-electron chi connectivity index (χ4n) is 1.66. The van der Waals surface area contributed by atoms with Crippen LogP contribution in [0.15, 0.2) is 24.4 Å². The van der Waals surface area contributed by atoms with Crippen molar-refractivity contribution in [3.05, 3.63) is 40.9 Å². The maximum Gasteiger partial charge on any atom is 0.344 e. The number of aryl methyl sites for hydroxylation is 1. The Morgan fingerprint density at radius 2 is 2.17 bits per heavy atom. The third-order valence-corrected chi connectivity index (χ3v) is 3.08. The number of rotatable bonds is 7. The molecule has 8 heteroatoms. The van der Waals surface area contributed by atoms with Crippen LogP contribution < -0.4 is 9.47 Å². The number of halogens is 2. The molecule has 6 nitrogen and oxygen atoms in total. The quantitative estimate of drug-likeness (QED) is 0.706. The Morgan fingerprint density at radius 1 is 1.38 bits per heavy atom. The first-order chi connectivity index (χ1) is 11.5. The summed E-state index contributed by atoms with van der Waals surface area (Å²) in [6, 6.07) is 4.29. The van der Waals surface area contributed by atoms with E-state index in [-0.39, 0.29) is 34.8 Å². The molecule has 0 aromatic carbocycles. The summed E-state index contributed by atoms with van der Waals surface area (Å²) in [6.45, 7) is 3.39. The predicted octanol–water partition coefficient (Wildman–Crippen LogP) is 3.70. The normalized spacial score (nSPS) is 10.3. The Bertz CT molecular complexity index is 727. The Balaban J connectivity index is 2.12. The Labute approximate surface area is 143 Å². The smallest absolute Gasteiger partial charge is 0.344 e. The molecule has 128 valence electrons. The van der Waals surface area contributed by atoms with Crippen molar-refractivity contribution in [2.75, 3.05) is 13.2 Å². The fraction of sp³-hybridized carbons (Fsp3) is 0.312. The number of ether oxygens (including phenoxy) is 3. The zero-order valence-corrected chi connectivity index (χ0v) is 14.0. The van der Waals surface area contributed by atoms with Gasteiger partial charge in [-0.1, -0.05) is 18.5 Å². The molecule has 0 spiro atoms. The van der Waals surface area contributed by atoms with E-state index in [1.54, 1.807) is 12.1 Å². The van der Waals surface area contributed by atoms with Crippen LogP contribution in [0.5, 0.6) is 17.5 Å². The number of nitrogens with zero attached hydrogens (tertiary/aromatic N) is 2. The molecule has 0 amide bonds. The molecule has 0 unspecified atom stereocenters. The van der Waals surface area contributed by atoms with Gasteiger partial charge in [-0.2, -0.15) is 0 Å². The molecule has 0 aliphatic rings. The van der Waals surface area contributed by atoms with Gasteiger partial charge in [-0.3, -0.25) is 0 Å². The fourth-order valence-corrected chi connectivity index (χ4v) is 1.84. The van der Waals surface area contributed by atoms with Gasteiger partial charge in [0, 0.05) is 6.20 Å². The van der Waals surface area contributed by atoms with Crippen LogP contribution in [0.4, 0.5) is 4.39 Å². The maximum atomic E-state index is 13.4. The minimum absolute atomic E-state index is 0.00950. The molecule has 2 aromatic rings. The van der Waals surface area contributed by atoms with Crippen molar-refractivity contribution in [2.24, 2.45) is 0 Å². The van der Waals surface area contributed by atoms with Crippen LogP contribution in [0.2, 0.25) is 5.02 Å². The molecule has 2 aromatic heterocycles. The highest BCUT2D eigenvalue weighted by Gasteiger charge is 2.14. The first kappa shape index (κ1) is 17.9. The van der Waals surface area contributed by atoms with Crippen LogP contribution >= 0.6 is 11.6 Å². The van der Waals surface area contributed by atoms with Crippen molar-refractivity contribution < 1.29 is 23.4 Å².